The van der Waals surface area contributed by atoms with Crippen LogP contribution in [0, 0.1) is 6.57 Å². The number of anilines is 1. The average Bonchev–Trinajstić information content (AvgIpc) is 2.95. The Morgan fingerprint density at radius 3 is 2.41 bits per heavy atom. The van der Waals surface area contributed by atoms with Crippen molar-refractivity contribution in [2.24, 2.45) is 0 Å². The van der Waals surface area contributed by atoms with Gasteiger partial charge in [-0.1, -0.05) is 6.07 Å². The minimum absolute atomic E-state index is 0.00981. The first-order chi connectivity index (χ1) is 13.5. The van der Waals surface area contributed by atoms with Gasteiger partial charge in [0.25, 0.3) is 0 Å². The molecule has 1 unspecified atom stereocenters. The largest absolute Gasteiger partial charge is 0.476 e. The molecule has 1 aliphatic rings. The van der Waals surface area contributed by atoms with Crippen molar-refractivity contribution in [3.05, 3.63) is 58.6 Å². The predicted molar refractivity (Wildman–Crippen MR) is 93.0 cm³/mol. The van der Waals surface area contributed by atoms with Crippen LogP contribution in [-0.2, 0) is 18.8 Å². The summed E-state index contributed by atoms with van der Waals surface area (Å²) < 4.78 is 83.4. The molecule has 0 amide bonds. The van der Waals surface area contributed by atoms with Crippen LogP contribution in [0.4, 0.5) is 37.7 Å². The molecule has 0 N–H and O–H groups in total. The lowest BCUT2D eigenvalue weighted by Crippen LogP contribution is -2.33. The van der Waals surface area contributed by atoms with E-state index in [4.69, 9.17) is 11.3 Å². The number of aromatic nitrogens is 1. The monoisotopic (exact) mass is 415 g/mol. The summed E-state index contributed by atoms with van der Waals surface area (Å²) >= 11 is 0. The molecule has 1 aliphatic heterocycles. The lowest BCUT2D eigenvalue weighted by Gasteiger charge is -2.25. The lowest BCUT2D eigenvalue weighted by atomic mass is 10.0. The zero-order valence-electron chi connectivity index (χ0n) is 15.1. The Morgan fingerprint density at radius 2 is 1.86 bits per heavy atom. The van der Waals surface area contributed by atoms with E-state index in [0.29, 0.717) is 11.9 Å². The van der Waals surface area contributed by atoms with Gasteiger partial charge in [-0.15, -0.1) is 0 Å². The Morgan fingerprint density at radius 1 is 1.14 bits per heavy atom. The van der Waals surface area contributed by atoms with Gasteiger partial charge in [-0.3, -0.25) is 0 Å². The zero-order valence-corrected chi connectivity index (χ0v) is 15.1. The summed E-state index contributed by atoms with van der Waals surface area (Å²) in [6.07, 6.45) is -8.35. The van der Waals surface area contributed by atoms with E-state index in [1.807, 2.05) is 0 Å². The summed E-state index contributed by atoms with van der Waals surface area (Å²) in [5.41, 5.74) is -1.80. The molecule has 0 bridgehead atoms. The van der Waals surface area contributed by atoms with Gasteiger partial charge in [0.05, 0.1) is 24.2 Å². The van der Waals surface area contributed by atoms with E-state index in [0.717, 1.165) is 18.2 Å². The van der Waals surface area contributed by atoms with Crippen LogP contribution < -0.4 is 9.64 Å². The van der Waals surface area contributed by atoms with Crippen molar-refractivity contribution in [3.63, 3.8) is 0 Å². The molecule has 154 valence electrons. The summed E-state index contributed by atoms with van der Waals surface area (Å²) in [6, 6.07) is 4.32. The molecule has 0 fully saturated rings. The number of hydrogen-bond acceptors (Lipinski definition) is 3. The number of pyridine rings is 1. The number of halogens is 6. The first kappa shape index (κ1) is 20.8. The molecule has 3 rings (SSSR count). The van der Waals surface area contributed by atoms with Crippen LogP contribution in [0.1, 0.15) is 23.6 Å². The maximum absolute atomic E-state index is 13.5. The molecule has 0 aliphatic carbocycles. The second kappa shape index (κ2) is 7.46. The maximum Gasteiger partial charge on any atom is 0.417 e. The minimum atomic E-state index is -4.64. The van der Waals surface area contributed by atoms with Crippen LogP contribution in [-0.4, -0.2) is 24.2 Å². The summed E-state index contributed by atoms with van der Waals surface area (Å²) in [6.45, 7) is 9.00. The molecule has 2 heterocycles. The normalized spacial score (nSPS) is 16.5. The quantitative estimate of drug-likeness (QED) is 0.488. The van der Waals surface area contributed by atoms with E-state index >= 15 is 0 Å². The molecule has 2 aromatic rings. The summed E-state index contributed by atoms with van der Waals surface area (Å²) in [5, 5.41) is 0. The second-order valence-electron chi connectivity index (χ2n) is 6.54. The molecule has 1 atom stereocenters. The van der Waals surface area contributed by atoms with Gasteiger partial charge in [0.2, 0.25) is 5.88 Å². The first-order valence-electron chi connectivity index (χ1n) is 8.55. The molecular formula is C19H15F6N3O. The van der Waals surface area contributed by atoms with Crippen molar-refractivity contribution in [3.8, 4) is 5.88 Å². The van der Waals surface area contributed by atoms with Crippen molar-refractivity contribution < 1.29 is 31.1 Å². The topological polar surface area (TPSA) is 29.7 Å². The second-order valence-corrected chi connectivity index (χ2v) is 6.54. The van der Waals surface area contributed by atoms with Gasteiger partial charge < -0.3 is 9.64 Å². The van der Waals surface area contributed by atoms with E-state index in [1.54, 1.807) is 11.8 Å². The molecule has 0 saturated carbocycles. The SMILES string of the molecule is [C-]#[N+]c1ccc2c(c1C(F)(F)F)CC(C)N2CCOc1ccc(C(F)(F)F)cn1. The molecule has 4 nitrogen and oxygen atoms in total. The third-order valence-electron chi connectivity index (χ3n) is 4.66. The van der Waals surface area contributed by atoms with E-state index in [1.165, 1.54) is 6.07 Å². The Bertz CT molecular complexity index is 931. The standard InChI is InChI=1S/C19H15F6N3O/c1-11-9-13-15(5-4-14(26-2)17(13)19(23,24)25)28(11)7-8-29-16-6-3-12(10-27-16)18(20,21)22/h3-6,10-11H,7-9H2,1H3. The van der Waals surface area contributed by atoms with Crippen molar-refractivity contribution >= 4 is 11.4 Å². The average molecular weight is 415 g/mol. The van der Waals surface area contributed by atoms with Crippen LogP contribution in [0.2, 0.25) is 0 Å². The fourth-order valence-corrected chi connectivity index (χ4v) is 3.38. The number of ether oxygens (including phenoxy) is 1. The molecular weight excluding hydrogens is 400 g/mol. The van der Waals surface area contributed by atoms with Crippen LogP contribution in [0.3, 0.4) is 0 Å². The number of nitrogens with zero attached hydrogens (tertiary/aromatic N) is 3. The smallest absolute Gasteiger partial charge is 0.417 e. The lowest BCUT2D eigenvalue weighted by molar-refractivity contribution is -0.138. The van der Waals surface area contributed by atoms with Gasteiger partial charge in [-0.25, -0.2) is 9.83 Å². The van der Waals surface area contributed by atoms with Gasteiger partial charge >= 0.3 is 12.4 Å². The van der Waals surface area contributed by atoms with Crippen LogP contribution >= 0.6 is 0 Å². The molecule has 0 spiro atoms. The van der Waals surface area contributed by atoms with Crippen LogP contribution in [0.15, 0.2) is 30.5 Å². The van der Waals surface area contributed by atoms with E-state index in [-0.39, 0.29) is 37.1 Å². The highest BCUT2D eigenvalue weighted by molar-refractivity contribution is 5.71. The summed E-state index contributed by atoms with van der Waals surface area (Å²) in [7, 11) is 0. The Balaban J connectivity index is 1.74. The molecule has 0 radical (unpaired) electrons. The van der Waals surface area contributed by atoms with Crippen LogP contribution in [0.5, 0.6) is 5.88 Å². The van der Waals surface area contributed by atoms with Crippen molar-refractivity contribution in [1.82, 2.24) is 4.98 Å². The van der Waals surface area contributed by atoms with E-state index in [9.17, 15) is 26.3 Å². The predicted octanol–water partition coefficient (Wildman–Crippen LogP) is 5.50. The highest BCUT2D eigenvalue weighted by Gasteiger charge is 2.41. The third-order valence-corrected chi connectivity index (χ3v) is 4.66. The highest BCUT2D eigenvalue weighted by atomic mass is 19.4. The maximum atomic E-state index is 13.5. The number of benzene rings is 1. The van der Waals surface area contributed by atoms with Crippen molar-refractivity contribution in [2.75, 3.05) is 18.1 Å². The number of hydrogen-bond donors (Lipinski definition) is 0. The molecule has 29 heavy (non-hydrogen) atoms. The Labute approximate surface area is 162 Å². The molecule has 1 aromatic heterocycles. The molecule has 0 saturated heterocycles. The van der Waals surface area contributed by atoms with Crippen molar-refractivity contribution in [1.29, 1.82) is 0 Å². The summed E-state index contributed by atoms with van der Waals surface area (Å²) in [5.74, 6) is -0.00981. The Hall–Kier alpha value is -2.96. The van der Waals surface area contributed by atoms with Gasteiger partial charge in [0, 0.05) is 24.0 Å². The first-order valence-corrected chi connectivity index (χ1v) is 8.55. The minimum Gasteiger partial charge on any atom is -0.476 e. The fraction of sp³-hybridized carbons (Fsp3) is 0.368. The number of rotatable bonds is 4. The third kappa shape index (κ3) is 4.23. The van der Waals surface area contributed by atoms with Crippen LogP contribution in [0.25, 0.3) is 4.85 Å². The van der Waals surface area contributed by atoms with E-state index in [2.05, 4.69) is 9.83 Å². The zero-order chi connectivity index (χ0) is 21.4. The Kier molecular flexibility index (Phi) is 5.34. The molecule has 10 heteroatoms. The fourth-order valence-electron chi connectivity index (χ4n) is 3.38. The van der Waals surface area contributed by atoms with Gasteiger partial charge in [0.15, 0.2) is 5.69 Å². The van der Waals surface area contributed by atoms with Gasteiger partial charge in [-0.05, 0) is 31.0 Å². The van der Waals surface area contributed by atoms with Gasteiger partial charge in [0.1, 0.15) is 6.61 Å². The van der Waals surface area contributed by atoms with Crippen molar-refractivity contribution in [2.45, 2.75) is 31.7 Å². The molecule has 1 aromatic carbocycles. The van der Waals surface area contributed by atoms with E-state index < -0.39 is 29.2 Å². The number of fused-ring (bicyclic) bond motifs is 1. The van der Waals surface area contributed by atoms with Gasteiger partial charge in [-0.2, -0.15) is 26.3 Å². The summed E-state index contributed by atoms with van der Waals surface area (Å²) in [4.78, 5) is 8.31. The number of alkyl halides is 6. The highest BCUT2D eigenvalue weighted by Crippen LogP contribution is 2.46.